The molecule has 14 heavy (non-hydrogen) atoms. The van der Waals surface area contributed by atoms with E-state index in [1.54, 1.807) is 11.9 Å². The first-order valence-corrected chi connectivity index (χ1v) is 5.21. The van der Waals surface area contributed by atoms with E-state index >= 15 is 0 Å². The highest BCUT2D eigenvalue weighted by Crippen LogP contribution is 1.99. The molecule has 1 radical (unpaired) electrons. The topological polar surface area (TPSA) is 20.3 Å². The number of carbonyl (C=O) groups excluding carboxylic acids is 1. The van der Waals surface area contributed by atoms with E-state index < -0.39 is 0 Å². The molecule has 2 heteroatoms. The van der Waals surface area contributed by atoms with E-state index in [1.807, 2.05) is 0 Å². The Morgan fingerprint density at radius 1 is 1.21 bits per heavy atom. The molecule has 0 aromatic heterocycles. The van der Waals surface area contributed by atoms with Crippen molar-refractivity contribution >= 4 is 6.41 Å². The summed E-state index contributed by atoms with van der Waals surface area (Å²) in [5.41, 5.74) is 0. The van der Waals surface area contributed by atoms with Crippen LogP contribution in [-0.2, 0) is 4.79 Å². The predicted molar refractivity (Wildman–Crippen MR) is 59.5 cm³/mol. The van der Waals surface area contributed by atoms with Gasteiger partial charge in [-0.15, -0.1) is 11.8 Å². The molecule has 0 atom stereocenters. The van der Waals surface area contributed by atoms with Gasteiger partial charge in [0, 0.05) is 26.4 Å². The van der Waals surface area contributed by atoms with Crippen molar-refractivity contribution in [3.8, 4) is 11.8 Å². The normalized spacial score (nSPS) is 9.00. The Bertz CT molecular complexity index is 190. The highest BCUT2D eigenvalue weighted by atomic mass is 16.1. The first kappa shape index (κ1) is 13.0. The van der Waals surface area contributed by atoms with Crippen molar-refractivity contribution in [2.45, 2.75) is 38.5 Å². The lowest BCUT2D eigenvalue weighted by Crippen LogP contribution is -2.16. The Hall–Kier alpha value is -0.970. The molecule has 0 saturated carbocycles. The van der Waals surface area contributed by atoms with Crippen LogP contribution in [0, 0.1) is 18.8 Å². The molecule has 0 aromatic rings. The average Bonchev–Trinajstić information content (AvgIpc) is 2.21. The standard InChI is InChI=1S/C12H20NO/c1-3-4-5-6-7-8-9-10-11-13(2)12-14/h12H,1,3-4,7-11H2,2H3. The average molecular weight is 194 g/mol. The van der Waals surface area contributed by atoms with Gasteiger partial charge in [-0.1, -0.05) is 13.3 Å². The van der Waals surface area contributed by atoms with Crippen molar-refractivity contribution in [1.82, 2.24) is 4.90 Å². The van der Waals surface area contributed by atoms with E-state index in [0.717, 1.165) is 51.5 Å². The van der Waals surface area contributed by atoms with E-state index in [4.69, 9.17) is 0 Å². The van der Waals surface area contributed by atoms with Gasteiger partial charge < -0.3 is 4.90 Å². The van der Waals surface area contributed by atoms with Crippen LogP contribution in [0.25, 0.3) is 0 Å². The van der Waals surface area contributed by atoms with E-state index in [0.29, 0.717) is 0 Å². The van der Waals surface area contributed by atoms with Crippen molar-refractivity contribution in [3.05, 3.63) is 6.92 Å². The number of amides is 1. The third kappa shape index (κ3) is 9.12. The van der Waals surface area contributed by atoms with E-state index in [1.165, 1.54) is 0 Å². The summed E-state index contributed by atoms with van der Waals surface area (Å²) in [6.07, 6.45) is 7.02. The molecular formula is C12H20NO. The molecule has 0 heterocycles. The SMILES string of the molecule is [CH2]CCC#CCCCCCN(C)C=O. The minimum atomic E-state index is 0.857. The molecule has 0 aliphatic rings. The van der Waals surface area contributed by atoms with E-state index in [2.05, 4.69) is 18.8 Å². The van der Waals surface area contributed by atoms with Crippen molar-refractivity contribution in [3.63, 3.8) is 0 Å². The quantitative estimate of drug-likeness (QED) is 0.346. The van der Waals surface area contributed by atoms with Gasteiger partial charge in [-0.25, -0.2) is 0 Å². The van der Waals surface area contributed by atoms with Crippen LogP contribution >= 0.6 is 0 Å². The second-order valence-electron chi connectivity index (χ2n) is 3.35. The summed E-state index contributed by atoms with van der Waals surface area (Å²) in [6, 6.07) is 0. The number of hydrogen-bond acceptors (Lipinski definition) is 1. The number of rotatable bonds is 7. The zero-order valence-corrected chi connectivity index (χ0v) is 9.09. The van der Waals surface area contributed by atoms with Crippen LogP contribution in [0.3, 0.4) is 0 Å². The zero-order chi connectivity index (χ0) is 10.6. The molecule has 0 N–H and O–H groups in total. The summed E-state index contributed by atoms with van der Waals surface area (Å²) in [7, 11) is 1.81. The van der Waals surface area contributed by atoms with Crippen molar-refractivity contribution < 1.29 is 4.79 Å². The second kappa shape index (κ2) is 10.1. The lowest BCUT2D eigenvalue weighted by Gasteiger charge is -2.08. The molecule has 0 rings (SSSR count). The minimum absolute atomic E-state index is 0.857. The molecule has 2 nitrogen and oxygen atoms in total. The minimum Gasteiger partial charge on any atom is -0.348 e. The molecule has 0 saturated heterocycles. The Labute approximate surface area is 87.7 Å². The highest BCUT2D eigenvalue weighted by Gasteiger charge is 1.92. The van der Waals surface area contributed by atoms with Crippen LogP contribution in [0.2, 0.25) is 0 Å². The molecule has 79 valence electrons. The van der Waals surface area contributed by atoms with Crippen LogP contribution in [0.15, 0.2) is 0 Å². The number of nitrogens with zero attached hydrogens (tertiary/aromatic N) is 1. The first-order chi connectivity index (χ1) is 6.81. The van der Waals surface area contributed by atoms with Gasteiger partial charge in [-0.05, 0) is 19.3 Å². The summed E-state index contributed by atoms with van der Waals surface area (Å²) in [5, 5.41) is 0. The van der Waals surface area contributed by atoms with Gasteiger partial charge in [-0.2, -0.15) is 0 Å². The third-order valence-electron chi connectivity index (χ3n) is 1.92. The van der Waals surface area contributed by atoms with Gasteiger partial charge in [0.1, 0.15) is 0 Å². The van der Waals surface area contributed by atoms with Crippen LogP contribution in [0.1, 0.15) is 38.5 Å². The largest absolute Gasteiger partial charge is 0.348 e. The number of carbonyl (C=O) groups is 1. The smallest absolute Gasteiger partial charge is 0.209 e. The summed E-state index contributed by atoms with van der Waals surface area (Å²) in [5.74, 6) is 6.18. The summed E-state index contributed by atoms with van der Waals surface area (Å²) >= 11 is 0. The molecular weight excluding hydrogens is 174 g/mol. The van der Waals surface area contributed by atoms with E-state index in [-0.39, 0.29) is 0 Å². The molecule has 0 aliphatic carbocycles. The van der Waals surface area contributed by atoms with Crippen LogP contribution in [0.4, 0.5) is 0 Å². The van der Waals surface area contributed by atoms with Crippen molar-refractivity contribution in [1.29, 1.82) is 0 Å². The maximum Gasteiger partial charge on any atom is 0.209 e. The molecule has 0 spiro atoms. The number of unbranched alkanes of at least 4 members (excludes halogenated alkanes) is 4. The second-order valence-corrected chi connectivity index (χ2v) is 3.35. The maximum absolute atomic E-state index is 10.2. The van der Waals surface area contributed by atoms with Crippen molar-refractivity contribution in [2.75, 3.05) is 13.6 Å². The summed E-state index contributed by atoms with van der Waals surface area (Å²) < 4.78 is 0. The Kier molecular flexibility index (Phi) is 9.41. The van der Waals surface area contributed by atoms with Crippen LogP contribution < -0.4 is 0 Å². The number of hydrogen-bond donors (Lipinski definition) is 0. The van der Waals surface area contributed by atoms with Crippen molar-refractivity contribution in [2.24, 2.45) is 0 Å². The van der Waals surface area contributed by atoms with Gasteiger partial charge in [-0.3, -0.25) is 4.79 Å². The fourth-order valence-corrected chi connectivity index (χ4v) is 1.07. The highest BCUT2D eigenvalue weighted by molar-refractivity contribution is 5.46. The Morgan fingerprint density at radius 2 is 1.93 bits per heavy atom. The van der Waals surface area contributed by atoms with Gasteiger partial charge in [0.15, 0.2) is 0 Å². The van der Waals surface area contributed by atoms with Crippen LogP contribution in [0.5, 0.6) is 0 Å². The molecule has 0 aromatic carbocycles. The molecule has 0 aliphatic heterocycles. The predicted octanol–water partition coefficient (Wildman–Crippen LogP) is 2.25. The summed E-state index contributed by atoms with van der Waals surface area (Å²) in [4.78, 5) is 11.9. The van der Waals surface area contributed by atoms with E-state index in [9.17, 15) is 4.79 Å². The zero-order valence-electron chi connectivity index (χ0n) is 9.09. The maximum atomic E-state index is 10.2. The Morgan fingerprint density at radius 3 is 2.57 bits per heavy atom. The molecule has 0 unspecified atom stereocenters. The first-order valence-electron chi connectivity index (χ1n) is 5.21. The van der Waals surface area contributed by atoms with Gasteiger partial charge in [0.2, 0.25) is 6.41 Å². The monoisotopic (exact) mass is 194 g/mol. The Balaban J connectivity index is 3.14. The van der Waals surface area contributed by atoms with Crippen LogP contribution in [-0.4, -0.2) is 24.9 Å². The van der Waals surface area contributed by atoms with Gasteiger partial charge in [0.05, 0.1) is 0 Å². The third-order valence-corrected chi connectivity index (χ3v) is 1.92. The fourth-order valence-electron chi connectivity index (χ4n) is 1.07. The molecule has 0 bridgehead atoms. The van der Waals surface area contributed by atoms with Gasteiger partial charge in [0.25, 0.3) is 0 Å². The lowest BCUT2D eigenvalue weighted by molar-refractivity contribution is -0.117. The molecule has 1 amide bonds. The summed E-state index contributed by atoms with van der Waals surface area (Å²) in [6.45, 7) is 4.58. The van der Waals surface area contributed by atoms with Gasteiger partial charge >= 0.3 is 0 Å². The lowest BCUT2D eigenvalue weighted by atomic mass is 10.2. The fraction of sp³-hybridized carbons (Fsp3) is 0.667. The molecule has 0 fully saturated rings.